The zero-order chi connectivity index (χ0) is 17.6. The van der Waals surface area contributed by atoms with E-state index in [1.165, 1.54) is 6.54 Å². The molecule has 0 aliphatic heterocycles. The Morgan fingerprint density at radius 2 is 1.27 bits per heavy atom. The average Bonchev–Trinajstić information content (AvgIpc) is 2.31. The summed E-state index contributed by atoms with van der Waals surface area (Å²) >= 11 is 2.04. The van der Waals surface area contributed by atoms with Gasteiger partial charge in [-0.15, -0.1) is 0 Å². The Labute approximate surface area is 147 Å². The Morgan fingerprint density at radius 3 is 1.59 bits per heavy atom. The number of nitrogens with zero attached hydrogens (tertiary/aromatic N) is 1. The normalized spacial score (nSPS) is 15.4. The summed E-state index contributed by atoms with van der Waals surface area (Å²) in [6.07, 6.45) is 0. The largest absolute Gasteiger partial charge is 0.394 e. The van der Waals surface area contributed by atoms with E-state index in [0.717, 1.165) is 18.6 Å². The van der Waals surface area contributed by atoms with E-state index < -0.39 is 25.0 Å². The standard InChI is InChI=1S/C15H39NO2SSi3/c1-11-17-22(10,18-12-2)14-19-15(3)13-16(20(4,5)6)21(7,8)9/h15H,11-14H2,1-10H3. The van der Waals surface area contributed by atoms with Gasteiger partial charge in [0, 0.05) is 23.8 Å². The predicted molar refractivity (Wildman–Crippen MR) is 110 cm³/mol. The molecule has 0 fully saturated rings. The van der Waals surface area contributed by atoms with Gasteiger partial charge in [0.1, 0.15) is 16.5 Å². The highest BCUT2D eigenvalue weighted by Crippen LogP contribution is 2.25. The molecule has 22 heavy (non-hydrogen) atoms. The molecular weight excluding hydrogens is 342 g/mol. The number of hydrogen-bond acceptors (Lipinski definition) is 4. The SMILES string of the molecule is CCO[Si](C)(CSC(C)CN([Si](C)(C)C)[Si](C)(C)C)OCC. The first-order valence-corrected chi connectivity index (χ1v) is 19.0. The van der Waals surface area contributed by atoms with Crippen LogP contribution >= 0.6 is 11.8 Å². The minimum absolute atomic E-state index is 0.631. The molecule has 0 saturated heterocycles. The zero-order valence-electron chi connectivity index (χ0n) is 16.6. The van der Waals surface area contributed by atoms with E-state index in [0.29, 0.717) is 5.25 Å². The summed E-state index contributed by atoms with van der Waals surface area (Å²) in [7, 11) is -4.51. The van der Waals surface area contributed by atoms with E-state index in [1.54, 1.807) is 0 Å². The van der Waals surface area contributed by atoms with Crippen LogP contribution in [0.4, 0.5) is 0 Å². The van der Waals surface area contributed by atoms with Crippen LogP contribution in [0.2, 0.25) is 45.8 Å². The van der Waals surface area contributed by atoms with Gasteiger partial charge < -0.3 is 13.1 Å². The smallest absolute Gasteiger partial charge is 0.345 e. The van der Waals surface area contributed by atoms with Crippen molar-refractivity contribution in [3.8, 4) is 0 Å². The molecule has 1 atom stereocenters. The van der Waals surface area contributed by atoms with Crippen LogP contribution in [0.25, 0.3) is 0 Å². The molecule has 3 nitrogen and oxygen atoms in total. The van der Waals surface area contributed by atoms with Gasteiger partial charge in [0.05, 0.1) is 0 Å². The summed E-state index contributed by atoms with van der Waals surface area (Å²) in [5.41, 5.74) is 0. The molecule has 0 aliphatic carbocycles. The molecular formula is C15H39NO2SSi3. The molecule has 0 radical (unpaired) electrons. The molecule has 134 valence electrons. The molecule has 0 rings (SSSR count). The quantitative estimate of drug-likeness (QED) is 0.481. The fraction of sp³-hybridized carbons (Fsp3) is 1.00. The summed E-state index contributed by atoms with van der Waals surface area (Å²) in [5.74, 6) is 0. The fourth-order valence-electron chi connectivity index (χ4n) is 2.89. The third kappa shape index (κ3) is 8.65. The minimum Gasteiger partial charge on any atom is -0.394 e. The highest BCUT2D eigenvalue weighted by Gasteiger charge is 2.36. The Balaban J connectivity index is 4.68. The molecule has 0 N–H and O–H groups in total. The van der Waals surface area contributed by atoms with Crippen molar-refractivity contribution in [3.63, 3.8) is 0 Å². The molecule has 0 amide bonds. The Bertz CT molecular complexity index is 299. The molecule has 0 aromatic carbocycles. The summed E-state index contributed by atoms with van der Waals surface area (Å²) < 4.78 is 14.8. The van der Waals surface area contributed by atoms with Gasteiger partial charge in [0.15, 0.2) is 0 Å². The second kappa shape index (κ2) is 9.39. The van der Waals surface area contributed by atoms with Crippen molar-refractivity contribution in [3.05, 3.63) is 0 Å². The van der Waals surface area contributed by atoms with E-state index in [-0.39, 0.29) is 0 Å². The van der Waals surface area contributed by atoms with E-state index in [9.17, 15) is 0 Å². The van der Waals surface area contributed by atoms with Crippen molar-refractivity contribution in [1.29, 1.82) is 0 Å². The van der Waals surface area contributed by atoms with E-state index >= 15 is 0 Å². The average molecular weight is 382 g/mol. The van der Waals surface area contributed by atoms with Gasteiger partial charge in [-0.3, -0.25) is 0 Å². The maximum absolute atomic E-state index is 5.96. The van der Waals surface area contributed by atoms with Crippen molar-refractivity contribution < 1.29 is 8.85 Å². The third-order valence-electron chi connectivity index (χ3n) is 3.59. The van der Waals surface area contributed by atoms with Crippen LogP contribution in [0, 0.1) is 0 Å². The van der Waals surface area contributed by atoms with Gasteiger partial charge in [-0.05, 0) is 26.9 Å². The molecule has 0 aromatic rings. The molecule has 0 spiro atoms. The Hall–Kier alpha value is 0.881. The van der Waals surface area contributed by atoms with Gasteiger partial charge in [0.25, 0.3) is 0 Å². The second-order valence-electron chi connectivity index (χ2n) is 8.07. The molecule has 7 heteroatoms. The molecule has 0 bridgehead atoms. The van der Waals surface area contributed by atoms with Crippen LogP contribution in [0.3, 0.4) is 0 Å². The molecule has 0 saturated carbocycles. The summed E-state index contributed by atoms with van der Waals surface area (Å²) in [6, 6.07) is 0. The monoisotopic (exact) mass is 381 g/mol. The lowest BCUT2D eigenvalue weighted by Crippen LogP contribution is -2.60. The van der Waals surface area contributed by atoms with Gasteiger partial charge >= 0.3 is 8.56 Å². The topological polar surface area (TPSA) is 21.7 Å². The van der Waals surface area contributed by atoms with Crippen molar-refractivity contribution in [2.45, 2.75) is 71.9 Å². The maximum Gasteiger partial charge on any atom is 0.345 e. The molecule has 0 aromatic heterocycles. The van der Waals surface area contributed by atoms with Gasteiger partial charge in [-0.2, -0.15) is 11.8 Å². The summed E-state index contributed by atoms with van der Waals surface area (Å²) in [6.45, 7) is 26.3. The van der Waals surface area contributed by atoms with Crippen LogP contribution in [-0.2, 0) is 8.85 Å². The van der Waals surface area contributed by atoms with Crippen LogP contribution in [-0.4, -0.2) is 59.6 Å². The zero-order valence-corrected chi connectivity index (χ0v) is 20.4. The lowest BCUT2D eigenvalue weighted by atomic mass is 10.5. The summed E-state index contributed by atoms with van der Waals surface area (Å²) in [4.78, 5) is 0. The molecule has 0 heterocycles. The van der Waals surface area contributed by atoms with Crippen LogP contribution < -0.4 is 0 Å². The summed E-state index contributed by atoms with van der Waals surface area (Å²) in [5, 5.41) is 1.66. The van der Waals surface area contributed by atoms with E-state index in [2.05, 4.69) is 70.8 Å². The highest BCUT2D eigenvalue weighted by molar-refractivity contribution is 8.01. The van der Waals surface area contributed by atoms with Gasteiger partial charge in [-0.25, -0.2) is 0 Å². The number of thioether (sulfide) groups is 1. The third-order valence-corrected chi connectivity index (χ3v) is 16.5. The van der Waals surface area contributed by atoms with E-state index in [4.69, 9.17) is 8.85 Å². The minimum atomic E-state index is -1.99. The van der Waals surface area contributed by atoms with Crippen LogP contribution in [0.5, 0.6) is 0 Å². The van der Waals surface area contributed by atoms with Gasteiger partial charge in [-0.1, -0.05) is 46.2 Å². The Morgan fingerprint density at radius 1 is 0.864 bits per heavy atom. The number of rotatable bonds is 11. The number of hydrogen-bond donors (Lipinski definition) is 0. The van der Waals surface area contributed by atoms with Crippen molar-refractivity contribution in [2.24, 2.45) is 0 Å². The van der Waals surface area contributed by atoms with Crippen molar-refractivity contribution >= 4 is 36.8 Å². The fourth-order valence-corrected chi connectivity index (χ4v) is 17.4. The lowest BCUT2D eigenvalue weighted by Gasteiger charge is -2.45. The Kier molecular flexibility index (Phi) is 9.76. The first kappa shape index (κ1) is 22.9. The lowest BCUT2D eigenvalue weighted by molar-refractivity contribution is 0.195. The van der Waals surface area contributed by atoms with E-state index in [1.807, 2.05) is 11.8 Å². The second-order valence-corrected chi connectivity index (χ2v) is 23.4. The molecule has 1 unspecified atom stereocenters. The van der Waals surface area contributed by atoms with Crippen molar-refractivity contribution in [2.75, 3.05) is 25.1 Å². The molecule has 0 aliphatic rings. The predicted octanol–water partition coefficient (Wildman–Crippen LogP) is 4.76. The first-order chi connectivity index (χ1) is 9.85. The van der Waals surface area contributed by atoms with Crippen molar-refractivity contribution in [1.82, 2.24) is 4.23 Å². The first-order valence-electron chi connectivity index (χ1n) is 8.53. The highest BCUT2D eigenvalue weighted by atomic mass is 32.2. The van der Waals surface area contributed by atoms with Gasteiger partial charge in [0.2, 0.25) is 0 Å². The van der Waals surface area contributed by atoms with Crippen LogP contribution in [0.1, 0.15) is 20.8 Å². The van der Waals surface area contributed by atoms with Crippen LogP contribution in [0.15, 0.2) is 0 Å². The maximum atomic E-state index is 5.96.